The van der Waals surface area contributed by atoms with Crippen LogP contribution in [0.4, 0.5) is 4.79 Å². The van der Waals surface area contributed by atoms with Crippen molar-refractivity contribution in [3.63, 3.8) is 0 Å². The standard InChI is InChI=1S/C14H23NO5/c1-5-6-19-13(18)15-10-8-11(20-14(2,3)4)9(10)7-12(16)17/h5,9-11H,1,6-8H2,2-4H3,(H,15,18)(H,16,17). The lowest BCUT2D eigenvalue weighted by molar-refractivity contribution is -0.156. The van der Waals surface area contributed by atoms with Gasteiger partial charge in [-0.05, 0) is 27.2 Å². The molecule has 6 heteroatoms. The Morgan fingerprint density at radius 1 is 1.45 bits per heavy atom. The minimum Gasteiger partial charge on any atom is -0.481 e. The molecule has 2 N–H and O–H groups in total. The summed E-state index contributed by atoms with van der Waals surface area (Å²) in [5.74, 6) is -1.13. The van der Waals surface area contributed by atoms with E-state index >= 15 is 0 Å². The van der Waals surface area contributed by atoms with Gasteiger partial charge in [0.25, 0.3) is 0 Å². The first-order valence-corrected chi connectivity index (χ1v) is 6.66. The van der Waals surface area contributed by atoms with Crippen LogP contribution in [0, 0.1) is 5.92 Å². The van der Waals surface area contributed by atoms with Crippen molar-refractivity contribution in [3.8, 4) is 0 Å². The lowest BCUT2D eigenvalue weighted by atomic mass is 9.74. The van der Waals surface area contributed by atoms with E-state index in [0.717, 1.165) is 0 Å². The average molecular weight is 285 g/mol. The van der Waals surface area contributed by atoms with Gasteiger partial charge >= 0.3 is 12.1 Å². The van der Waals surface area contributed by atoms with Crippen molar-refractivity contribution in [1.82, 2.24) is 5.32 Å². The van der Waals surface area contributed by atoms with E-state index in [4.69, 9.17) is 14.6 Å². The highest BCUT2D eigenvalue weighted by molar-refractivity contribution is 5.69. The van der Waals surface area contributed by atoms with Crippen molar-refractivity contribution in [2.75, 3.05) is 6.61 Å². The SMILES string of the molecule is C=CCOC(=O)NC1CC(OC(C)(C)C)C1CC(=O)O. The second kappa shape index (κ2) is 6.74. The molecule has 20 heavy (non-hydrogen) atoms. The predicted molar refractivity (Wildman–Crippen MR) is 73.5 cm³/mol. The van der Waals surface area contributed by atoms with E-state index in [1.165, 1.54) is 6.08 Å². The molecule has 1 aliphatic carbocycles. The Morgan fingerprint density at radius 2 is 2.10 bits per heavy atom. The van der Waals surface area contributed by atoms with Crippen LogP contribution in [0.15, 0.2) is 12.7 Å². The Labute approximate surface area is 119 Å². The fourth-order valence-corrected chi connectivity index (χ4v) is 2.22. The number of carboxylic acid groups (broad SMARTS) is 1. The van der Waals surface area contributed by atoms with Gasteiger partial charge in [0, 0.05) is 12.0 Å². The second-order valence-corrected chi connectivity index (χ2v) is 5.90. The lowest BCUT2D eigenvalue weighted by Crippen LogP contribution is -2.58. The molecule has 1 amide bonds. The van der Waals surface area contributed by atoms with Crippen LogP contribution in [0.3, 0.4) is 0 Å². The molecule has 1 aliphatic rings. The van der Waals surface area contributed by atoms with Crippen LogP contribution in [-0.2, 0) is 14.3 Å². The molecule has 1 saturated carbocycles. The van der Waals surface area contributed by atoms with Crippen LogP contribution in [0.2, 0.25) is 0 Å². The first kappa shape index (κ1) is 16.5. The summed E-state index contributed by atoms with van der Waals surface area (Å²) in [6, 6.07) is -0.226. The predicted octanol–water partition coefficient (Wildman–Crippen LogP) is 1.95. The minimum atomic E-state index is -0.900. The summed E-state index contributed by atoms with van der Waals surface area (Å²) in [5.41, 5.74) is -0.338. The number of hydrogen-bond acceptors (Lipinski definition) is 4. The van der Waals surface area contributed by atoms with Gasteiger partial charge in [-0.3, -0.25) is 4.79 Å². The molecule has 0 radical (unpaired) electrons. The summed E-state index contributed by atoms with van der Waals surface area (Å²) in [4.78, 5) is 22.4. The number of hydrogen-bond donors (Lipinski definition) is 2. The monoisotopic (exact) mass is 285 g/mol. The Morgan fingerprint density at radius 3 is 2.60 bits per heavy atom. The molecule has 0 spiro atoms. The van der Waals surface area contributed by atoms with Gasteiger partial charge in [-0.25, -0.2) is 4.79 Å². The Kier molecular flexibility index (Phi) is 5.56. The summed E-state index contributed by atoms with van der Waals surface area (Å²) >= 11 is 0. The number of aliphatic carboxylic acids is 1. The summed E-state index contributed by atoms with van der Waals surface area (Å²) in [5, 5.41) is 11.6. The number of carboxylic acids is 1. The zero-order valence-electron chi connectivity index (χ0n) is 12.2. The zero-order valence-corrected chi connectivity index (χ0v) is 12.2. The highest BCUT2D eigenvalue weighted by Gasteiger charge is 2.45. The molecule has 0 aromatic heterocycles. The summed E-state index contributed by atoms with van der Waals surface area (Å²) in [7, 11) is 0. The fraction of sp³-hybridized carbons (Fsp3) is 0.714. The van der Waals surface area contributed by atoms with Crippen molar-refractivity contribution in [3.05, 3.63) is 12.7 Å². The van der Waals surface area contributed by atoms with Gasteiger partial charge in [-0.15, -0.1) is 0 Å². The van der Waals surface area contributed by atoms with Crippen molar-refractivity contribution in [2.24, 2.45) is 5.92 Å². The van der Waals surface area contributed by atoms with Gasteiger partial charge in [0.05, 0.1) is 18.1 Å². The average Bonchev–Trinajstić information content (AvgIpc) is 2.30. The number of nitrogens with one attached hydrogen (secondary N) is 1. The topological polar surface area (TPSA) is 84.9 Å². The van der Waals surface area contributed by atoms with Crippen LogP contribution < -0.4 is 5.32 Å². The quantitative estimate of drug-likeness (QED) is 0.729. The van der Waals surface area contributed by atoms with Crippen LogP contribution in [0.5, 0.6) is 0 Å². The summed E-state index contributed by atoms with van der Waals surface area (Å²) < 4.78 is 10.6. The molecule has 0 aromatic carbocycles. The Hall–Kier alpha value is -1.56. The van der Waals surface area contributed by atoms with Gasteiger partial charge in [0.2, 0.25) is 0 Å². The van der Waals surface area contributed by atoms with Gasteiger partial charge in [-0.2, -0.15) is 0 Å². The highest BCUT2D eigenvalue weighted by atomic mass is 16.5. The summed E-state index contributed by atoms with van der Waals surface area (Å²) in [6.45, 7) is 9.34. The van der Waals surface area contributed by atoms with Crippen LogP contribution in [-0.4, -0.2) is 41.5 Å². The van der Waals surface area contributed by atoms with E-state index in [9.17, 15) is 9.59 Å². The van der Waals surface area contributed by atoms with Gasteiger partial charge < -0.3 is 19.9 Å². The maximum absolute atomic E-state index is 11.5. The highest BCUT2D eigenvalue weighted by Crippen LogP contribution is 2.36. The molecule has 3 atom stereocenters. The first-order valence-electron chi connectivity index (χ1n) is 6.66. The number of amides is 1. The molecule has 0 saturated heterocycles. The molecular weight excluding hydrogens is 262 g/mol. The van der Waals surface area contributed by atoms with Crippen LogP contribution in [0.25, 0.3) is 0 Å². The Bertz CT molecular complexity index is 374. The van der Waals surface area contributed by atoms with Crippen molar-refractivity contribution in [1.29, 1.82) is 0 Å². The van der Waals surface area contributed by atoms with Crippen molar-refractivity contribution in [2.45, 2.75) is 51.4 Å². The van der Waals surface area contributed by atoms with Crippen molar-refractivity contribution >= 4 is 12.1 Å². The number of carbonyl (C=O) groups excluding carboxylic acids is 1. The molecule has 0 heterocycles. The maximum atomic E-state index is 11.5. The molecule has 6 nitrogen and oxygen atoms in total. The number of ether oxygens (including phenoxy) is 2. The molecule has 0 bridgehead atoms. The van der Waals surface area contributed by atoms with E-state index in [1.807, 2.05) is 20.8 Å². The van der Waals surface area contributed by atoms with Gasteiger partial charge in [0.15, 0.2) is 0 Å². The molecule has 1 rings (SSSR count). The minimum absolute atomic E-state index is 0.0346. The van der Waals surface area contributed by atoms with E-state index in [2.05, 4.69) is 11.9 Å². The van der Waals surface area contributed by atoms with E-state index in [0.29, 0.717) is 6.42 Å². The normalized spacial score (nSPS) is 25.4. The third kappa shape index (κ3) is 5.21. The molecule has 3 unspecified atom stereocenters. The van der Waals surface area contributed by atoms with E-state index in [1.54, 1.807) is 0 Å². The number of carbonyl (C=O) groups is 2. The molecule has 1 fully saturated rings. The molecular formula is C14H23NO5. The maximum Gasteiger partial charge on any atom is 0.407 e. The first-order chi connectivity index (χ1) is 9.23. The van der Waals surface area contributed by atoms with E-state index < -0.39 is 12.1 Å². The molecule has 0 aromatic rings. The third-order valence-corrected chi connectivity index (χ3v) is 3.03. The van der Waals surface area contributed by atoms with Crippen LogP contribution in [0.1, 0.15) is 33.6 Å². The largest absolute Gasteiger partial charge is 0.481 e. The fourth-order valence-electron chi connectivity index (χ4n) is 2.22. The summed E-state index contributed by atoms with van der Waals surface area (Å²) in [6.07, 6.45) is 1.32. The van der Waals surface area contributed by atoms with Crippen LogP contribution >= 0.6 is 0 Å². The van der Waals surface area contributed by atoms with Gasteiger partial charge in [-0.1, -0.05) is 12.7 Å². The number of rotatable bonds is 6. The molecule has 114 valence electrons. The Balaban J connectivity index is 2.53. The smallest absolute Gasteiger partial charge is 0.407 e. The molecule has 0 aliphatic heterocycles. The number of alkyl carbamates (subject to hydrolysis) is 1. The van der Waals surface area contributed by atoms with Gasteiger partial charge in [0.1, 0.15) is 6.61 Å². The zero-order chi connectivity index (χ0) is 15.3. The van der Waals surface area contributed by atoms with E-state index in [-0.39, 0.29) is 36.7 Å². The van der Waals surface area contributed by atoms with Crippen molar-refractivity contribution < 1.29 is 24.2 Å². The second-order valence-electron chi connectivity index (χ2n) is 5.90. The third-order valence-electron chi connectivity index (χ3n) is 3.03. The lowest BCUT2D eigenvalue weighted by Gasteiger charge is -2.46.